The molecule has 0 saturated carbocycles. The number of nitrogens with zero attached hydrogens (tertiary/aromatic N) is 2. The summed E-state index contributed by atoms with van der Waals surface area (Å²) in [6.07, 6.45) is 1.98. The largest absolute Gasteiger partial charge is 0.494 e. The van der Waals surface area contributed by atoms with E-state index in [9.17, 15) is 0 Å². The topological polar surface area (TPSA) is 53.1 Å². The van der Waals surface area contributed by atoms with E-state index in [0.29, 0.717) is 6.61 Å². The lowest BCUT2D eigenvalue weighted by Crippen LogP contribution is -2.07. The van der Waals surface area contributed by atoms with Crippen molar-refractivity contribution in [3.05, 3.63) is 41.2 Å². The Bertz CT molecular complexity index is 558. The zero-order valence-electron chi connectivity index (χ0n) is 12.5. The number of aryl methyl sites for hydroxylation is 2. The van der Waals surface area contributed by atoms with Gasteiger partial charge >= 0.3 is 0 Å². The molecular weight excluding hydrogens is 250 g/mol. The van der Waals surface area contributed by atoms with Crippen LogP contribution in [0.5, 0.6) is 5.75 Å². The minimum atomic E-state index is 0.684. The molecule has 20 heavy (non-hydrogen) atoms. The molecule has 1 aromatic heterocycles. The molecular formula is C16H23N3O. The van der Waals surface area contributed by atoms with Crippen LogP contribution in [-0.4, -0.2) is 16.4 Å². The highest BCUT2D eigenvalue weighted by molar-refractivity contribution is 5.41. The lowest BCUT2D eigenvalue weighted by atomic mass is 10.1. The smallest absolute Gasteiger partial charge is 0.119 e. The van der Waals surface area contributed by atoms with Gasteiger partial charge in [-0.1, -0.05) is 6.92 Å². The molecule has 0 aliphatic carbocycles. The Balaban J connectivity index is 1.83. The first kappa shape index (κ1) is 14.4. The van der Waals surface area contributed by atoms with Crippen molar-refractivity contribution in [1.29, 1.82) is 0 Å². The number of aromatic nitrogens is 2. The van der Waals surface area contributed by atoms with Crippen molar-refractivity contribution in [1.82, 2.24) is 9.78 Å². The summed E-state index contributed by atoms with van der Waals surface area (Å²) < 4.78 is 7.77. The molecule has 2 rings (SSSR count). The molecule has 0 saturated heterocycles. The Labute approximate surface area is 120 Å². The number of ether oxygens (including phenoxy) is 1. The van der Waals surface area contributed by atoms with Gasteiger partial charge in [0, 0.05) is 24.3 Å². The zero-order chi connectivity index (χ0) is 14.5. The average Bonchev–Trinajstić information content (AvgIpc) is 2.71. The van der Waals surface area contributed by atoms with E-state index in [2.05, 4.69) is 30.6 Å². The molecule has 4 heteroatoms. The van der Waals surface area contributed by atoms with Crippen LogP contribution < -0.4 is 10.5 Å². The van der Waals surface area contributed by atoms with E-state index in [1.165, 1.54) is 11.3 Å². The second kappa shape index (κ2) is 6.46. The molecule has 0 aliphatic heterocycles. The Morgan fingerprint density at radius 3 is 2.50 bits per heavy atom. The summed E-state index contributed by atoms with van der Waals surface area (Å²) >= 11 is 0. The van der Waals surface area contributed by atoms with Gasteiger partial charge < -0.3 is 10.5 Å². The maximum Gasteiger partial charge on any atom is 0.119 e. The van der Waals surface area contributed by atoms with Crippen LogP contribution in [0.15, 0.2) is 24.3 Å². The number of benzene rings is 1. The van der Waals surface area contributed by atoms with Crippen molar-refractivity contribution in [2.75, 3.05) is 12.3 Å². The van der Waals surface area contributed by atoms with E-state index in [1.807, 2.05) is 24.3 Å². The molecule has 0 bridgehead atoms. The Morgan fingerprint density at radius 2 is 1.90 bits per heavy atom. The van der Waals surface area contributed by atoms with E-state index in [4.69, 9.17) is 10.5 Å². The lowest BCUT2D eigenvalue weighted by Gasteiger charge is -2.08. The maximum absolute atomic E-state index is 5.69. The van der Waals surface area contributed by atoms with Gasteiger partial charge in [-0.2, -0.15) is 5.10 Å². The molecule has 0 atom stereocenters. The first-order valence-electron chi connectivity index (χ1n) is 7.13. The van der Waals surface area contributed by atoms with Crippen molar-refractivity contribution in [3.63, 3.8) is 0 Å². The van der Waals surface area contributed by atoms with E-state index < -0.39 is 0 Å². The molecule has 108 valence electrons. The van der Waals surface area contributed by atoms with Crippen LogP contribution in [0.2, 0.25) is 0 Å². The van der Waals surface area contributed by atoms with Crippen LogP contribution in [0.1, 0.15) is 30.3 Å². The number of rotatable bonds is 6. The van der Waals surface area contributed by atoms with Gasteiger partial charge in [-0.3, -0.25) is 4.68 Å². The summed E-state index contributed by atoms with van der Waals surface area (Å²) in [5, 5.41) is 4.58. The first-order chi connectivity index (χ1) is 9.61. The second-order valence-electron chi connectivity index (χ2n) is 5.00. The minimum Gasteiger partial charge on any atom is -0.494 e. The summed E-state index contributed by atoms with van der Waals surface area (Å²) in [4.78, 5) is 0. The second-order valence-corrected chi connectivity index (χ2v) is 5.00. The Kier molecular flexibility index (Phi) is 4.66. The van der Waals surface area contributed by atoms with Crippen LogP contribution in [0.25, 0.3) is 0 Å². The molecule has 0 unspecified atom stereocenters. The predicted molar refractivity (Wildman–Crippen MR) is 82.0 cm³/mol. The summed E-state index contributed by atoms with van der Waals surface area (Å²) in [7, 11) is 0. The van der Waals surface area contributed by atoms with Crippen LogP contribution >= 0.6 is 0 Å². The number of hydrogen-bond donors (Lipinski definition) is 1. The van der Waals surface area contributed by atoms with Crippen LogP contribution in [-0.2, 0) is 13.0 Å². The van der Waals surface area contributed by atoms with Crippen molar-refractivity contribution in [3.8, 4) is 5.75 Å². The fourth-order valence-electron chi connectivity index (χ4n) is 2.43. The van der Waals surface area contributed by atoms with Gasteiger partial charge in [0.05, 0.1) is 12.3 Å². The SMILES string of the molecule is CCc1c(C)nn(CCCOc2ccc(N)cc2)c1C. The molecule has 1 heterocycles. The quantitative estimate of drug-likeness (QED) is 0.650. The van der Waals surface area contributed by atoms with E-state index >= 15 is 0 Å². The van der Waals surface area contributed by atoms with Gasteiger partial charge in [0.15, 0.2) is 0 Å². The lowest BCUT2D eigenvalue weighted by molar-refractivity contribution is 0.298. The molecule has 1 aromatic carbocycles. The standard InChI is InChI=1S/C16H23N3O/c1-4-16-12(2)18-19(13(16)3)10-5-11-20-15-8-6-14(17)7-9-15/h6-9H,4-5,10-11,17H2,1-3H3. The third-order valence-corrected chi connectivity index (χ3v) is 3.55. The van der Waals surface area contributed by atoms with Gasteiger partial charge in [0.2, 0.25) is 0 Å². The molecule has 2 N–H and O–H groups in total. The first-order valence-corrected chi connectivity index (χ1v) is 7.13. The molecule has 0 aliphatic rings. The van der Waals surface area contributed by atoms with Crippen molar-refractivity contribution < 1.29 is 4.74 Å². The predicted octanol–water partition coefficient (Wildman–Crippen LogP) is 3.11. The third-order valence-electron chi connectivity index (χ3n) is 3.55. The van der Waals surface area contributed by atoms with Crippen molar-refractivity contribution in [2.24, 2.45) is 0 Å². The highest BCUT2D eigenvalue weighted by Crippen LogP contribution is 2.15. The number of nitrogens with two attached hydrogens (primary N) is 1. The summed E-state index contributed by atoms with van der Waals surface area (Å²) in [6, 6.07) is 7.50. The fraction of sp³-hybridized carbons (Fsp3) is 0.438. The maximum atomic E-state index is 5.69. The Morgan fingerprint density at radius 1 is 1.20 bits per heavy atom. The normalized spacial score (nSPS) is 10.8. The van der Waals surface area contributed by atoms with Crippen LogP contribution in [0, 0.1) is 13.8 Å². The van der Waals surface area contributed by atoms with Crippen molar-refractivity contribution >= 4 is 5.69 Å². The van der Waals surface area contributed by atoms with Gasteiger partial charge in [0.25, 0.3) is 0 Å². The summed E-state index contributed by atoms with van der Waals surface area (Å²) in [5.41, 5.74) is 10.2. The fourth-order valence-corrected chi connectivity index (χ4v) is 2.43. The average molecular weight is 273 g/mol. The molecule has 0 radical (unpaired) electrons. The van der Waals surface area contributed by atoms with Crippen LogP contribution in [0.4, 0.5) is 5.69 Å². The summed E-state index contributed by atoms with van der Waals surface area (Å²) in [6.45, 7) is 7.96. The highest BCUT2D eigenvalue weighted by Gasteiger charge is 2.08. The monoisotopic (exact) mass is 273 g/mol. The van der Waals surface area contributed by atoms with Gasteiger partial charge in [-0.05, 0) is 50.1 Å². The van der Waals surface area contributed by atoms with E-state index in [0.717, 1.165) is 36.5 Å². The van der Waals surface area contributed by atoms with E-state index in [-0.39, 0.29) is 0 Å². The molecule has 4 nitrogen and oxygen atoms in total. The molecule has 0 amide bonds. The minimum absolute atomic E-state index is 0.684. The highest BCUT2D eigenvalue weighted by atomic mass is 16.5. The molecule has 0 fully saturated rings. The van der Waals surface area contributed by atoms with Gasteiger partial charge in [0.1, 0.15) is 5.75 Å². The number of anilines is 1. The number of hydrogen-bond acceptors (Lipinski definition) is 3. The summed E-state index contributed by atoms with van der Waals surface area (Å²) in [5.74, 6) is 0.863. The van der Waals surface area contributed by atoms with Gasteiger partial charge in [-0.25, -0.2) is 0 Å². The van der Waals surface area contributed by atoms with Gasteiger partial charge in [-0.15, -0.1) is 0 Å². The Hall–Kier alpha value is -1.97. The zero-order valence-corrected chi connectivity index (χ0v) is 12.5. The number of nitrogen functional groups attached to an aromatic ring is 1. The molecule has 0 spiro atoms. The van der Waals surface area contributed by atoms with Crippen LogP contribution in [0.3, 0.4) is 0 Å². The van der Waals surface area contributed by atoms with E-state index in [1.54, 1.807) is 0 Å². The molecule has 2 aromatic rings. The third kappa shape index (κ3) is 3.32. The van der Waals surface area contributed by atoms with Crippen molar-refractivity contribution in [2.45, 2.75) is 40.2 Å².